The molecule has 1 N–H and O–H groups in total. The second kappa shape index (κ2) is 11.1. The highest BCUT2D eigenvalue weighted by Gasteiger charge is 2.17. The number of anilines is 1. The Labute approximate surface area is 187 Å². The lowest BCUT2D eigenvalue weighted by molar-refractivity contribution is -0.155. The number of ketones is 1. The van der Waals surface area contributed by atoms with Gasteiger partial charge in [-0.1, -0.05) is 18.2 Å². The fourth-order valence-corrected chi connectivity index (χ4v) is 2.67. The number of nitrogens with one attached hydrogen (secondary N) is 1. The van der Waals surface area contributed by atoms with Crippen molar-refractivity contribution in [3.63, 3.8) is 0 Å². The van der Waals surface area contributed by atoms with E-state index in [0.29, 0.717) is 11.5 Å². The van der Waals surface area contributed by atoms with Gasteiger partial charge in [0.25, 0.3) is 0 Å². The van der Waals surface area contributed by atoms with Crippen molar-refractivity contribution in [2.45, 2.75) is 39.2 Å². The predicted octanol–water partition coefficient (Wildman–Crippen LogP) is 4.06. The molecule has 1 amide bonds. The number of aromatic nitrogens is 1. The molecule has 0 aliphatic rings. The number of ether oxygens (including phenoxy) is 3. The molecule has 0 unspecified atom stereocenters. The summed E-state index contributed by atoms with van der Waals surface area (Å²) in [6.07, 6.45) is 2.93. The first-order valence-corrected chi connectivity index (χ1v) is 10.0. The van der Waals surface area contributed by atoms with E-state index in [1.54, 1.807) is 70.4 Å². The molecule has 0 saturated heterocycles. The summed E-state index contributed by atoms with van der Waals surface area (Å²) >= 11 is 0. The first kappa shape index (κ1) is 24.6. The monoisotopic (exact) mass is 440 g/mol. The zero-order valence-electron chi connectivity index (χ0n) is 18.9. The molecule has 8 nitrogen and oxygen atoms in total. The number of amides is 1. The van der Waals surface area contributed by atoms with Crippen LogP contribution in [0.3, 0.4) is 0 Å². The third-order valence-corrected chi connectivity index (χ3v) is 4.08. The highest BCUT2D eigenvalue weighted by molar-refractivity contribution is 6.06. The van der Waals surface area contributed by atoms with Gasteiger partial charge in [0, 0.05) is 6.42 Å². The van der Waals surface area contributed by atoms with Gasteiger partial charge in [-0.05, 0) is 56.7 Å². The average Bonchev–Trinajstić information content (AvgIpc) is 2.74. The first-order chi connectivity index (χ1) is 15.1. The van der Waals surface area contributed by atoms with Crippen LogP contribution in [0.2, 0.25) is 0 Å². The molecular weight excluding hydrogens is 412 g/mol. The Morgan fingerprint density at radius 1 is 1.00 bits per heavy atom. The van der Waals surface area contributed by atoms with E-state index in [9.17, 15) is 14.4 Å². The minimum absolute atomic E-state index is 0.0458. The van der Waals surface area contributed by atoms with Crippen LogP contribution in [0.25, 0.3) is 6.08 Å². The van der Waals surface area contributed by atoms with Crippen LogP contribution in [0.15, 0.2) is 42.5 Å². The fourth-order valence-electron chi connectivity index (χ4n) is 2.67. The van der Waals surface area contributed by atoms with Crippen LogP contribution in [0, 0.1) is 0 Å². The molecule has 0 atom stereocenters. The summed E-state index contributed by atoms with van der Waals surface area (Å²) in [7, 11) is 3.08. The summed E-state index contributed by atoms with van der Waals surface area (Å²) in [5.74, 6) is 0.192. The molecule has 0 aliphatic carbocycles. The van der Waals surface area contributed by atoms with Gasteiger partial charge in [0.1, 0.15) is 17.1 Å². The quantitative estimate of drug-likeness (QED) is 0.356. The van der Waals surface area contributed by atoms with Gasteiger partial charge in [-0.15, -0.1) is 0 Å². The SMILES string of the molecule is COc1ccc(/C=C/C(=O)c2cccc(NC(=O)CCC(=O)OC(C)(C)C)n2)cc1OC. The second-order valence-electron chi connectivity index (χ2n) is 7.85. The molecule has 2 rings (SSSR count). The highest BCUT2D eigenvalue weighted by Crippen LogP contribution is 2.28. The normalized spacial score (nSPS) is 11.2. The maximum absolute atomic E-state index is 12.5. The summed E-state index contributed by atoms with van der Waals surface area (Å²) in [6, 6.07) is 10.0. The summed E-state index contributed by atoms with van der Waals surface area (Å²) in [6.45, 7) is 5.28. The molecule has 1 heterocycles. The predicted molar refractivity (Wildman–Crippen MR) is 121 cm³/mol. The summed E-state index contributed by atoms with van der Waals surface area (Å²) < 4.78 is 15.6. The third-order valence-electron chi connectivity index (χ3n) is 4.08. The topological polar surface area (TPSA) is 104 Å². The summed E-state index contributed by atoms with van der Waals surface area (Å²) in [5, 5.41) is 2.59. The minimum atomic E-state index is -0.603. The number of carbonyl (C=O) groups excluding carboxylic acids is 3. The Kier molecular flexibility index (Phi) is 8.52. The van der Waals surface area contributed by atoms with Crippen molar-refractivity contribution in [1.29, 1.82) is 0 Å². The first-order valence-electron chi connectivity index (χ1n) is 10.0. The van der Waals surface area contributed by atoms with E-state index < -0.39 is 17.5 Å². The van der Waals surface area contributed by atoms with Crippen molar-refractivity contribution < 1.29 is 28.6 Å². The lowest BCUT2D eigenvalue weighted by Crippen LogP contribution is -2.24. The number of nitrogens with zero attached hydrogens (tertiary/aromatic N) is 1. The molecule has 170 valence electrons. The summed E-state index contributed by atoms with van der Waals surface area (Å²) in [4.78, 5) is 40.5. The molecule has 0 spiro atoms. The van der Waals surface area contributed by atoms with Gasteiger partial charge in [0.05, 0.1) is 20.6 Å². The minimum Gasteiger partial charge on any atom is -0.493 e. The van der Waals surface area contributed by atoms with Crippen molar-refractivity contribution in [3.05, 3.63) is 53.7 Å². The fraction of sp³-hybridized carbons (Fsp3) is 0.333. The molecule has 8 heteroatoms. The zero-order chi connectivity index (χ0) is 23.7. The molecule has 1 aromatic heterocycles. The van der Waals surface area contributed by atoms with Crippen LogP contribution < -0.4 is 14.8 Å². The van der Waals surface area contributed by atoms with Gasteiger partial charge in [0.15, 0.2) is 11.5 Å². The summed E-state index contributed by atoms with van der Waals surface area (Å²) in [5.41, 5.74) is 0.322. The van der Waals surface area contributed by atoms with Gasteiger partial charge in [-0.2, -0.15) is 0 Å². The standard InChI is InChI=1S/C24H28N2O6/c1-24(2,3)32-23(29)14-13-22(28)26-21-8-6-7-17(25-21)18(27)11-9-16-10-12-19(30-4)20(15-16)31-5/h6-12,15H,13-14H2,1-5H3,(H,25,26,28)/b11-9+. The number of carbonyl (C=O) groups is 3. The molecule has 0 bridgehead atoms. The number of allylic oxidation sites excluding steroid dienone is 1. The molecule has 0 aliphatic heterocycles. The van der Waals surface area contributed by atoms with Gasteiger partial charge >= 0.3 is 5.97 Å². The average molecular weight is 440 g/mol. The van der Waals surface area contributed by atoms with E-state index in [0.717, 1.165) is 5.56 Å². The molecular formula is C24H28N2O6. The Balaban J connectivity index is 1.98. The molecule has 32 heavy (non-hydrogen) atoms. The van der Waals surface area contributed by atoms with Crippen LogP contribution >= 0.6 is 0 Å². The van der Waals surface area contributed by atoms with E-state index in [1.165, 1.54) is 13.2 Å². The molecule has 0 radical (unpaired) electrons. The number of hydrogen-bond acceptors (Lipinski definition) is 7. The van der Waals surface area contributed by atoms with E-state index in [1.807, 2.05) is 0 Å². The number of hydrogen-bond donors (Lipinski definition) is 1. The number of pyridine rings is 1. The van der Waals surface area contributed by atoms with Crippen molar-refractivity contribution in [3.8, 4) is 11.5 Å². The zero-order valence-corrected chi connectivity index (χ0v) is 18.9. The van der Waals surface area contributed by atoms with E-state index in [2.05, 4.69) is 10.3 Å². The Morgan fingerprint density at radius 2 is 1.72 bits per heavy atom. The van der Waals surface area contributed by atoms with Crippen molar-refractivity contribution in [1.82, 2.24) is 4.98 Å². The third kappa shape index (κ3) is 7.86. The van der Waals surface area contributed by atoms with Crippen LogP contribution in [-0.4, -0.2) is 42.5 Å². The lowest BCUT2D eigenvalue weighted by Gasteiger charge is -2.19. The highest BCUT2D eigenvalue weighted by atomic mass is 16.6. The molecule has 1 aromatic carbocycles. The van der Waals surface area contributed by atoms with Crippen LogP contribution in [0.1, 0.15) is 49.7 Å². The van der Waals surface area contributed by atoms with Crippen molar-refractivity contribution >= 4 is 29.6 Å². The molecule has 0 saturated carbocycles. The van der Waals surface area contributed by atoms with Crippen molar-refractivity contribution in [2.24, 2.45) is 0 Å². The van der Waals surface area contributed by atoms with Crippen LogP contribution in [-0.2, 0) is 14.3 Å². The van der Waals surface area contributed by atoms with Gasteiger partial charge < -0.3 is 19.5 Å². The van der Waals surface area contributed by atoms with Gasteiger partial charge in [-0.3, -0.25) is 14.4 Å². The van der Waals surface area contributed by atoms with Gasteiger partial charge in [-0.25, -0.2) is 4.98 Å². The molecule has 0 fully saturated rings. The Bertz CT molecular complexity index is 1010. The van der Waals surface area contributed by atoms with E-state index in [4.69, 9.17) is 14.2 Å². The maximum Gasteiger partial charge on any atom is 0.306 e. The Morgan fingerprint density at radius 3 is 2.38 bits per heavy atom. The molecule has 2 aromatic rings. The smallest absolute Gasteiger partial charge is 0.306 e. The number of esters is 1. The number of rotatable bonds is 9. The van der Waals surface area contributed by atoms with Crippen LogP contribution in [0.4, 0.5) is 5.82 Å². The second-order valence-corrected chi connectivity index (χ2v) is 7.85. The Hall–Kier alpha value is -3.68. The van der Waals surface area contributed by atoms with Crippen LogP contribution in [0.5, 0.6) is 11.5 Å². The van der Waals surface area contributed by atoms with E-state index >= 15 is 0 Å². The lowest BCUT2D eigenvalue weighted by atomic mass is 10.1. The van der Waals surface area contributed by atoms with E-state index in [-0.39, 0.29) is 30.1 Å². The van der Waals surface area contributed by atoms with Crippen molar-refractivity contribution in [2.75, 3.05) is 19.5 Å². The largest absolute Gasteiger partial charge is 0.493 e. The maximum atomic E-state index is 12.5. The number of methoxy groups -OCH3 is 2. The van der Waals surface area contributed by atoms with Gasteiger partial charge in [0.2, 0.25) is 11.7 Å². The number of benzene rings is 1.